The van der Waals surface area contributed by atoms with Crippen molar-refractivity contribution in [3.8, 4) is 5.75 Å². The highest BCUT2D eigenvalue weighted by atomic mass is 16.5. The maximum atomic E-state index is 9.75. The van der Waals surface area contributed by atoms with Crippen molar-refractivity contribution in [2.45, 2.75) is 39.7 Å². The van der Waals surface area contributed by atoms with Crippen LogP contribution in [0.25, 0.3) is 0 Å². The number of methoxy groups -OCH3 is 1. The first-order valence-corrected chi connectivity index (χ1v) is 5.20. The van der Waals surface area contributed by atoms with Crippen LogP contribution in [-0.2, 0) is 6.42 Å². The minimum absolute atomic E-state index is 0.659. The van der Waals surface area contributed by atoms with Crippen LogP contribution >= 0.6 is 0 Å². The van der Waals surface area contributed by atoms with E-state index in [1.54, 1.807) is 7.11 Å². The Morgan fingerprint density at radius 1 is 1.20 bits per heavy atom. The van der Waals surface area contributed by atoms with Crippen LogP contribution in [0.4, 0.5) is 0 Å². The van der Waals surface area contributed by atoms with E-state index in [0.29, 0.717) is 6.42 Å². The second kappa shape index (κ2) is 4.23. The van der Waals surface area contributed by atoms with E-state index in [-0.39, 0.29) is 0 Å². The van der Waals surface area contributed by atoms with Crippen molar-refractivity contribution in [1.29, 1.82) is 0 Å². The third-order valence-corrected chi connectivity index (χ3v) is 2.36. The molecule has 0 amide bonds. The summed E-state index contributed by atoms with van der Waals surface area (Å²) in [7, 11) is 1.69. The van der Waals surface area contributed by atoms with Gasteiger partial charge in [-0.1, -0.05) is 12.1 Å². The van der Waals surface area contributed by atoms with E-state index in [1.165, 1.54) is 0 Å². The number of rotatable bonds is 3. The van der Waals surface area contributed by atoms with Crippen LogP contribution in [0.5, 0.6) is 5.75 Å². The molecule has 0 unspecified atom stereocenters. The topological polar surface area (TPSA) is 29.5 Å². The zero-order valence-corrected chi connectivity index (χ0v) is 10.2. The highest BCUT2D eigenvalue weighted by molar-refractivity contribution is 5.43. The van der Waals surface area contributed by atoms with E-state index >= 15 is 0 Å². The molecule has 1 aromatic carbocycles. The van der Waals surface area contributed by atoms with Gasteiger partial charge in [0.1, 0.15) is 5.75 Å². The number of hydrogen-bond donors (Lipinski definition) is 1. The quantitative estimate of drug-likeness (QED) is 0.827. The van der Waals surface area contributed by atoms with Crippen LogP contribution in [0.3, 0.4) is 0 Å². The van der Waals surface area contributed by atoms with Gasteiger partial charge in [0, 0.05) is 6.42 Å². The second-order valence-electron chi connectivity index (χ2n) is 4.75. The number of aliphatic hydroxyl groups is 1. The van der Waals surface area contributed by atoms with Gasteiger partial charge in [0.25, 0.3) is 0 Å². The molecular formula is C13H20O2. The van der Waals surface area contributed by atoms with Crippen molar-refractivity contribution in [1.82, 2.24) is 0 Å². The maximum absolute atomic E-state index is 9.75. The van der Waals surface area contributed by atoms with Crippen LogP contribution < -0.4 is 4.74 Å². The third kappa shape index (κ3) is 3.24. The summed E-state index contributed by atoms with van der Waals surface area (Å²) in [5.41, 5.74) is 2.74. The van der Waals surface area contributed by atoms with Gasteiger partial charge in [-0.15, -0.1) is 0 Å². The average Bonchev–Trinajstić information content (AvgIpc) is 1.99. The predicted molar refractivity (Wildman–Crippen MR) is 62.5 cm³/mol. The molecule has 0 spiro atoms. The molecule has 0 saturated heterocycles. The Morgan fingerprint density at radius 2 is 1.67 bits per heavy atom. The Bertz CT molecular complexity index is 325. The summed E-state index contributed by atoms with van der Waals surface area (Å²) in [6.07, 6.45) is 0.665. The van der Waals surface area contributed by atoms with Crippen LogP contribution in [0.15, 0.2) is 12.1 Å². The van der Waals surface area contributed by atoms with Crippen molar-refractivity contribution >= 4 is 0 Å². The number of ether oxygens (including phenoxy) is 1. The van der Waals surface area contributed by atoms with Crippen molar-refractivity contribution in [3.05, 3.63) is 28.8 Å². The summed E-state index contributed by atoms with van der Waals surface area (Å²) in [4.78, 5) is 0. The lowest BCUT2D eigenvalue weighted by Crippen LogP contribution is -2.21. The zero-order valence-electron chi connectivity index (χ0n) is 10.2. The summed E-state index contributed by atoms with van der Waals surface area (Å²) in [6, 6.07) is 4.15. The number of hydrogen-bond acceptors (Lipinski definition) is 2. The molecule has 0 radical (unpaired) electrons. The first-order valence-electron chi connectivity index (χ1n) is 5.20. The van der Waals surface area contributed by atoms with Crippen LogP contribution in [0.1, 0.15) is 30.5 Å². The minimum Gasteiger partial charge on any atom is -0.496 e. The molecule has 1 N–H and O–H groups in total. The number of benzene rings is 1. The fourth-order valence-corrected chi connectivity index (χ4v) is 1.96. The van der Waals surface area contributed by atoms with E-state index in [1.807, 2.05) is 27.7 Å². The number of aryl methyl sites for hydroxylation is 2. The molecule has 0 saturated carbocycles. The maximum Gasteiger partial charge on any atom is 0.124 e. The van der Waals surface area contributed by atoms with Gasteiger partial charge >= 0.3 is 0 Å². The molecule has 15 heavy (non-hydrogen) atoms. The molecule has 1 rings (SSSR count). The Hall–Kier alpha value is -1.02. The molecule has 1 aromatic rings. The largest absolute Gasteiger partial charge is 0.496 e. The molecule has 0 aromatic heterocycles. The lowest BCUT2D eigenvalue weighted by atomic mass is 9.95. The van der Waals surface area contributed by atoms with Gasteiger partial charge in [-0.2, -0.15) is 0 Å². The molecule has 0 aliphatic heterocycles. The van der Waals surface area contributed by atoms with Crippen LogP contribution in [-0.4, -0.2) is 17.8 Å². The van der Waals surface area contributed by atoms with Gasteiger partial charge < -0.3 is 9.84 Å². The van der Waals surface area contributed by atoms with Crippen molar-refractivity contribution in [3.63, 3.8) is 0 Å². The minimum atomic E-state index is -0.659. The molecule has 0 bridgehead atoms. The molecule has 0 aliphatic carbocycles. The van der Waals surface area contributed by atoms with Gasteiger partial charge in [-0.3, -0.25) is 0 Å². The first kappa shape index (κ1) is 12.1. The standard InChI is InChI=1S/C13H20O2/c1-9-6-11(8-13(3,4)14)7-10(2)12(9)15-5/h6-7,14H,8H2,1-5H3. The van der Waals surface area contributed by atoms with Gasteiger partial charge in [0.2, 0.25) is 0 Å². The highest BCUT2D eigenvalue weighted by Gasteiger charge is 2.15. The van der Waals surface area contributed by atoms with E-state index in [9.17, 15) is 5.11 Å². The molecule has 0 fully saturated rings. The summed E-state index contributed by atoms with van der Waals surface area (Å²) in [6.45, 7) is 7.70. The van der Waals surface area contributed by atoms with Crippen LogP contribution in [0.2, 0.25) is 0 Å². The monoisotopic (exact) mass is 208 g/mol. The van der Waals surface area contributed by atoms with Crippen molar-refractivity contribution in [2.75, 3.05) is 7.11 Å². The van der Waals surface area contributed by atoms with Gasteiger partial charge in [0.05, 0.1) is 12.7 Å². The van der Waals surface area contributed by atoms with Gasteiger partial charge in [-0.25, -0.2) is 0 Å². The second-order valence-corrected chi connectivity index (χ2v) is 4.75. The van der Waals surface area contributed by atoms with E-state index in [2.05, 4.69) is 12.1 Å². The fraction of sp³-hybridized carbons (Fsp3) is 0.538. The van der Waals surface area contributed by atoms with Crippen molar-refractivity contribution in [2.24, 2.45) is 0 Å². The first-order chi connectivity index (χ1) is 6.83. The summed E-state index contributed by atoms with van der Waals surface area (Å²) in [5.74, 6) is 0.939. The molecule has 0 heterocycles. The van der Waals surface area contributed by atoms with E-state index in [0.717, 1.165) is 22.4 Å². The van der Waals surface area contributed by atoms with Crippen molar-refractivity contribution < 1.29 is 9.84 Å². The SMILES string of the molecule is COc1c(C)cc(CC(C)(C)O)cc1C. The normalized spacial score (nSPS) is 11.6. The summed E-state index contributed by atoms with van der Waals surface area (Å²) in [5, 5.41) is 9.75. The average molecular weight is 208 g/mol. The van der Waals surface area contributed by atoms with Gasteiger partial charge in [0.15, 0.2) is 0 Å². The predicted octanol–water partition coefficient (Wildman–Crippen LogP) is 2.63. The molecular weight excluding hydrogens is 188 g/mol. The van der Waals surface area contributed by atoms with Crippen LogP contribution in [0, 0.1) is 13.8 Å². The Labute approximate surface area is 91.9 Å². The highest BCUT2D eigenvalue weighted by Crippen LogP contribution is 2.26. The molecule has 84 valence electrons. The Balaban J connectivity index is 3.04. The molecule has 0 aliphatic rings. The fourth-order valence-electron chi connectivity index (χ4n) is 1.96. The van der Waals surface area contributed by atoms with E-state index in [4.69, 9.17) is 4.74 Å². The summed E-state index contributed by atoms with van der Waals surface area (Å²) >= 11 is 0. The Kier molecular flexibility index (Phi) is 3.40. The Morgan fingerprint density at radius 3 is 2.00 bits per heavy atom. The molecule has 2 nitrogen and oxygen atoms in total. The third-order valence-electron chi connectivity index (χ3n) is 2.36. The lowest BCUT2D eigenvalue weighted by molar-refractivity contribution is 0.0809. The van der Waals surface area contributed by atoms with Gasteiger partial charge in [-0.05, 0) is 44.4 Å². The van der Waals surface area contributed by atoms with E-state index < -0.39 is 5.60 Å². The molecule has 2 heteroatoms. The smallest absolute Gasteiger partial charge is 0.124 e. The lowest BCUT2D eigenvalue weighted by Gasteiger charge is -2.18. The summed E-state index contributed by atoms with van der Waals surface area (Å²) < 4.78 is 5.30. The molecule has 0 atom stereocenters. The zero-order chi connectivity index (χ0) is 11.6.